The Hall–Kier alpha value is -3.68. The van der Waals surface area contributed by atoms with Crippen molar-refractivity contribution >= 4 is 28.1 Å². The summed E-state index contributed by atoms with van der Waals surface area (Å²) in [5.41, 5.74) is 6.12. The number of aromatic nitrogens is 4. The van der Waals surface area contributed by atoms with Crippen LogP contribution in [0.5, 0.6) is 0 Å². The highest BCUT2D eigenvalue weighted by atomic mass is 19.3. The summed E-state index contributed by atoms with van der Waals surface area (Å²) in [7, 11) is 3.67. The fourth-order valence-corrected chi connectivity index (χ4v) is 6.12. The maximum Gasteiger partial charge on any atom is 0.264 e. The molecule has 0 spiro atoms. The Morgan fingerprint density at radius 3 is 2.63 bits per heavy atom. The minimum atomic E-state index is -2.60. The Labute approximate surface area is 221 Å². The van der Waals surface area contributed by atoms with Crippen molar-refractivity contribution in [3.63, 3.8) is 0 Å². The van der Waals surface area contributed by atoms with Crippen LogP contribution < -0.4 is 10.2 Å². The van der Waals surface area contributed by atoms with Crippen LogP contribution in [0.2, 0.25) is 0 Å². The molecule has 8 heteroatoms. The van der Waals surface area contributed by atoms with Gasteiger partial charge >= 0.3 is 0 Å². The second-order valence-electron chi connectivity index (χ2n) is 10.5. The van der Waals surface area contributed by atoms with Crippen LogP contribution in [-0.4, -0.2) is 33.2 Å². The average Bonchev–Trinajstić information content (AvgIpc) is 3.55. The number of halogens is 2. The molecule has 4 aromatic rings. The van der Waals surface area contributed by atoms with Gasteiger partial charge in [0.1, 0.15) is 0 Å². The van der Waals surface area contributed by atoms with Crippen molar-refractivity contribution < 1.29 is 8.78 Å². The van der Waals surface area contributed by atoms with Gasteiger partial charge in [-0.2, -0.15) is 10.2 Å². The third-order valence-electron chi connectivity index (χ3n) is 8.13. The highest BCUT2D eigenvalue weighted by Gasteiger charge is 2.29. The molecule has 0 saturated heterocycles. The number of fused-ring (bicyclic) bond motifs is 2. The third kappa shape index (κ3) is 4.25. The number of alkyl halides is 2. The summed E-state index contributed by atoms with van der Waals surface area (Å²) < 4.78 is 32.7. The first-order valence-electron chi connectivity index (χ1n) is 13.6. The molecule has 0 radical (unpaired) electrons. The Morgan fingerprint density at radius 1 is 1.11 bits per heavy atom. The summed E-state index contributed by atoms with van der Waals surface area (Å²) in [6.45, 7) is 4.89. The largest absolute Gasteiger partial charge is 0.388 e. The minimum Gasteiger partial charge on any atom is -0.388 e. The fraction of sp³-hybridized carbons (Fsp3) is 0.400. The average molecular weight is 517 g/mol. The van der Waals surface area contributed by atoms with Gasteiger partial charge in [-0.15, -0.1) is 0 Å². The number of anilines is 2. The Bertz CT molecular complexity index is 1490. The van der Waals surface area contributed by atoms with E-state index in [-0.39, 0.29) is 5.56 Å². The zero-order valence-corrected chi connectivity index (χ0v) is 22.1. The first-order chi connectivity index (χ1) is 18.4. The maximum atomic E-state index is 14.4. The van der Waals surface area contributed by atoms with E-state index in [4.69, 9.17) is 5.10 Å². The zero-order valence-electron chi connectivity index (χ0n) is 22.1. The van der Waals surface area contributed by atoms with Crippen LogP contribution in [0, 0.1) is 0 Å². The Balaban J connectivity index is 1.52. The lowest BCUT2D eigenvalue weighted by Crippen LogP contribution is -2.26. The van der Waals surface area contributed by atoms with Crippen molar-refractivity contribution in [3.05, 3.63) is 66.0 Å². The highest BCUT2D eigenvalue weighted by molar-refractivity contribution is 5.95. The number of benzene rings is 2. The van der Waals surface area contributed by atoms with E-state index in [9.17, 15) is 8.78 Å². The number of aryl methyl sites for hydroxylation is 2. The van der Waals surface area contributed by atoms with Crippen molar-refractivity contribution in [1.82, 2.24) is 24.9 Å². The van der Waals surface area contributed by atoms with Crippen LogP contribution in [0.3, 0.4) is 0 Å². The molecule has 2 aromatic carbocycles. The summed E-state index contributed by atoms with van der Waals surface area (Å²) >= 11 is 0. The zero-order chi connectivity index (χ0) is 26.4. The molecule has 1 aliphatic carbocycles. The van der Waals surface area contributed by atoms with Crippen LogP contribution >= 0.6 is 0 Å². The first kappa shape index (κ1) is 24.6. The summed E-state index contributed by atoms with van der Waals surface area (Å²) in [4.78, 5) is 2.16. The molecular weight excluding hydrogens is 482 g/mol. The molecule has 0 unspecified atom stereocenters. The minimum absolute atomic E-state index is 0.0314. The van der Waals surface area contributed by atoms with Gasteiger partial charge in [0.05, 0.1) is 17.8 Å². The summed E-state index contributed by atoms with van der Waals surface area (Å²) in [5.74, 6) is 0.839. The smallest absolute Gasteiger partial charge is 0.264 e. The van der Waals surface area contributed by atoms with Crippen molar-refractivity contribution in [1.29, 1.82) is 0 Å². The van der Waals surface area contributed by atoms with Crippen molar-refractivity contribution in [2.45, 2.75) is 57.4 Å². The molecular formula is C30H34F2N6. The predicted octanol–water partition coefficient (Wildman–Crippen LogP) is 7.15. The second-order valence-corrected chi connectivity index (χ2v) is 10.5. The van der Waals surface area contributed by atoms with Crippen molar-refractivity contribution in [3.8, 4) is 11.1 Å². The number of nitrogens with zero attached hydrogens (tertiary/aromatic N) is 5. The topological polar surface area (TPSA) is 50.9 Å². The molecule has 2 aliphatic rings. The van der Waals surface area contributed by atoms with Gasteiger partial charge in [-0.05, 0) is 66.6 Å². The molecule has 1 N–H and O–H groups in total. The van der Waals surface area contributed by atoms with E-state index < -0.39 is 6.43 Å². The SMILES string of the molecule is C=C(NC)c1ccc2c(c1)c(N1CCCc3cc(-c4cnn(C)c4)c(C(F)F)cc31)nn2C1CCCCC1. The molecule has 6 rings (SSSR count). The molecule has 3 heterocycles. The van der Waals surface area contributed by atoms with Gasteiger partial charge < -0.3 is 10.2 Å². The second kappa shape index (κ2) is 9.89. The van der Waals surface area contributed by atoms with Gasteiger partial charge in [0.2, 0.25) is 0 Å². The van der Waals surface area contributed by atoms with E-state index >= 15 is 0 Å². The van der Waals surface area contributed by atoms with Crippen LogP contribution in [-0.2, 0) is 13.5 Å². The molecule has 38 heavy (non-hydrogen) atoms. The molecule has 6 nitrogen and oxygen atoms in total. The van der Waals surface area contributed by atoms with Gasteiger partial charge in [-0.25, -0.2) is 8.78 Å². The van der Waals surface area contributed by atoms with Crippen LogP contribution in [0.1, 0.15) is 67.7 Å². The molecule has 1 saturated carbocycles. The monoisotopic (exact) mass is 516 g/mol. The Kier molecular flexibility index (Phi) is 6.41. The number of rotatable bonds is 6. The molecule has 0 bridgehead atoms. The quantitative estimate of drug-likeness (QED) is 0.296. The lowest BCUT2D eigenvalue weighted by atomic mass is 9.93. The summed E-state index contributed by atoms with van der Waals surface area (Å²) in [6, 6.07) is 10.3. The van der Waals surface area contributed by atoms with Crippen molar-refractivity contribution in [2.75, 3.05) is 18.5 Å². The van der Waals surface area contributed by atoms with Gasteiger partial charge in [0.15, 0.2) is 5.82 Å². The highest BCUT2D eigenvalue weighted by Crippen LogP contribution is 2.44. The van der Waals surface area contributed by atoms with Crippen LogP contribution in [0.15, 0.2) is 49.3 Å². The maximum absolute atomic E-state index is 14.4. The van der Waals surface area contributed by atoms with E-state index in [1.807, 2.05) is 13.1 Å². The number of nitrogens with one attached hydrogen (secondary N) is 1. The molecule has 1 fully saturated rings. The van der Waals surface area contributed by atoms with Gasteiger partial charge in [0.25, 0.3) is 6.43 Å². The van der Waals surface area contributed by atoms with E-state index in [1.165, 1.54) is 19.3 Å². The van der Waals surface area contributed by atoms with E-state index in [0.717, 1.165) is 71.5 Å². The van der Waals surface area contributed by atoms with E-state index in [2.05, 4.69) is 44.8 Å². The summed E-state index contributed by atoms with van der Waals surface area (Å²) in [5, 5.41) is 13.6. The lowest BCUT2D eigenvalue weighted by Gasteiger charge is -2.31. The molecule has 0 amide bonds. The third-order valence-corrected chi connectivity index (χ3v) is 8.13. The van der Waals surface area contributed by atoms with Crippen LogP contribution in [0.4, 0.5) is 20.3 Å². The van der Waals surface area contributed by atoms with Crippen LogP contribution in [0.25, 0.3) is 27.7 Å². The van der Waals surface area contributed by atoms with Gasteiger partial charge in [-0.1, -0.05) is 31.9 Å². The van der Waals surface area contributed by atoms with Crippen molar-refractivity contribution in [2.24, 2.45) is 7.05 Å². The predicted molar refractivity (Wildman–Crippen MR) is 149 cm³/mol. The lowest BCUT2D eigenvalue weighted by molar-refractivity contribution is 0.152. The van der Waals surface area contributed by atoms with E-state index in [0.29, 0.717) is 17.2 Å². The van der Waals surface area contributed by atoms with E-state index in [1.54, 1.807) is 30.2 Å². The molecule has 198 valence electrons. The molecule has 1 aliphatic heterocycles. The van der Waals surface area contributed by atoms with Gasteiger partial charge in [-0.3, -0.25) is 9.36 Å². The standard InChI is InChI=1S/C30H34F2N6/c1-19(33-2)20-11-12-27-26(14-20)30(35-38(27)23-9-5-4-6-10-23)37-13-7-8-21-15-24(22-17-34-36(3)18-22)25(29(31)32)16-28(21)37/h11-12,14-18,23,29,33H,1,4-10,13H2,2-3H3. The van der Waals surface area contributed by atoms with Gasteiger partial charge in [0, 0.05) is 54.7 Å². The summed E-state index contributed by atoms with van der Waals surface area (Å²) in [6.07, 6.45) is 8.52. The number of hydrogen-bond donors (Lipinski definition) is 1. The Morgan fingerprint density at radius 2 is 1.92 bits per heavy atom. The number of hydrogen-bond acceptors (Lipinski definition) is 4. The first-order valence-corrected chi connectivity index (χ1v) is 13.6. The molecule has 0 atom stereocenters. The molecule has 2 aromatic heterocycles. The normalized spacial score (nSPS) is 16.3. The fourth-order valence-electron chi connectivity index (χ4n) is 6.12.